The van der Waals surface area contributed by atoms with Crippen LogP contribution in [0.3, 0.4) is 0 Å². The number of benzene rings is 1. The van der Waals surface area contributed by atoms with Crippen LogP contribution in [0.1, 0.15) is 37.4 Å². The number of carboxylic acid groups (broad SMARTS) is 1. The zero-order valence-electron chi connectivity index (χ0n) is 18.1. The first kappa shape index (κ1) is 25.4. The highest BCUT2D eigenvalue weighted by Crippen LogP contribution is 2.31. The van der Waals surface area contributed by atoms with E-state index in [9.17, 15) is 27.8 Å². The summed E-state index contributed by atoms with van der Waals surface area (Å²) in [6, 6.07) is 5.40. The number of carboxylic acids is 1. The number of hydrogen-bond acceptors (Lipinski definition) is 7. The number of sulfonamides is 1. The molecule has 0 aliphatic heterocycles. The number of aliphatic carboxylic acids is 1. The van der Waals surface area contributed by atoms with Gasteiger partial charge in [0.1, 0.15) is 5.82 Å². The first-order chi connectivity index (χ1) is 14.8. The normalized spacial score (nSPS) is 14.0. The fourth-order valence-corrected chi connectivity index (χ4v) is 3.20. The average Bonchev–Trinajstić information content (AvgIpc) is 2.70. The Kier molecular flexibility index (Phi) is 8.05. The summed E-state index contributed by atoms with van der Waals surface area (Å²) in [6.07, 6.45) is 0.000533. The Morgan fingerprint density at radius 3 is 2.28 bits per heavy atom. The van der Waals surface area contributed by atoms with E-state index in [4.69, 9.17) is 5.11 Å². The second kappa shape index (κ2) is 10.2. The molecular weight excluding hydrogens is 441 g/mol. The van der Waals surface area contributed by atoms with E-state index >= 15 is 0 Å². The van der Waals surface area contributed by atoms with E-state index in [1.165, 1.54) is 43.5 Å². The minimum atomic E-state index is -3.66. The molecule has 1 aromatic heterocycles. The summed E-state index contributed by atoms with van der Waals surface area (Å²) in [5.41, 5.74) is 1.62. The van der Waals surface area contributed by atoms with Gasteiger partial charge in [0.05, 0.1) is 36.3 Å². The lowest BCUT2D eigenvalue weighted by molar-refractivity contribution is -0.140. The lowest BCUT2D eigenvalue weighted by Gasteiger charge is -2.20. The van der Waals surface area contributed by atoms with E-state index in [-0.39, 0.29) is 17.6 Å². The molecule has 0 unspecified atom stereocenters. The third-order valence-corrected chi connectivity index (χ3v) is 5.80. The molecule has 0 bridgehead atoms. The third kappa shape index (κ3) is 6.31. The Morgan fingerprint density at radius 2 is 1.78 bits per heavy atom. The molecule has 1 heterocycles. The Bertz CT molecular complexity index is 1100. The molecule has 2 rings (SSSR count). The summed E-state index contributed by atoms with van der Waals surface area (Å²) in [4.78, 5) is 19.5. The van der Waals surface area contributed by atoms with Crippen molar-refractivity contribution in [1.82, 2.24) is 9.97 Å². The second-order valence-corrected chi connectivity index (χ2v) is 9.59. The van der Waals surface area contributed by atoms with Gasteiger partial charge in [0, 0.05) is 18.2 Å². The minimum Gasteiger partial charge on any atom is -0.481 e. The zero-order valence-corrected chi connectivity index (χ0v) is 18.9. The van der Waals surface area contributed by atoms with Crippen LogP contribution in [0.5, 0.6) is 0 Å². The molecule has 9 nitrogen and oxygen atoms in total. The van der Waals surface area contributed by atoms with Crippen molar-refractivity contribution >= 4 is 28.0 Å². The van der Waals surface area contributed by atoms with E-state index in [0.29, 0.717) is 16.8 Å². The maximum atomic E-state index is 13.5. The minimum absolute atomic E-state index is 0.0841. The van der Waals surface area contributed by atoms with E-state index in [0.717, 1.165) is 10.6 Å². The number of aliphatic hydroxyl groups is 2. The zero-order chi connectivity index (χ0) is 24.2. The molecule has 0 spiro atoms. The van der Waals surface area contributed by atoms with Crippen LogP contribution in [0.25, 0.3) is 17.3 Å². The summed E-state index contributed by atoms with van der Waals surface area (Å²) in [6.45, 7) is 3.65. The topological polar surface area (TPSA) is 141 Å². The van der Waals surface area contributed by atoms with Crippen LogP contribution >= 0.6 is 0 Å². The Labute approximate surface area is 185 Å². The average molecular weight is 468 g/mol. The van der Waals surface area contributed by atoms with Crippen molar-refractivity contribution in [3.05, 3.63) is 47.4 Å². The van der Waals surface area contributed by atoms with Gasteiger partial charge in [0.15, 0.2) is 0 Å². The predicted octanol–water partition coefficient (Wildman–Crippen LogP) is 2.01. The van der Waals surface area contributed by atoms with E-state index in [1.807, 2.05) is 13.8 Å². The molecule has 0 aliphatic carbocycles. The molecule has 1 aromatic carbocycles. The first-order valence-corrected chi connectivity index (χ1v) is 11.5. The van der Waals surface area contributed by atoms with Gasteiger partial charge in [-0.3, -0.25) is 4.79 Å². The lowest BCUT2D eigenvalue weighted by atomic mass is 9.97. The lowest BCUT2D eigenvalue weighted by Crippen LogP contribution is -2.28. The summed E-state index contributed by atoms with van der Waals surface area (Å²) in [5.74, 6) is -2.02. The Hall–Kier alpha value is -2.89. The maximum Gasteiger partial charge on any atom is 0.306 e. The molecule has 2 atom stereocenters. The van der Waals surface area contributed by atoms with Crippen molar-refractivity contribution in [2.45, 2.75) is 38.4 Å². The molecule has 32 heavy (non-hydrogen) atoms. The van der Waals surface area contributed by atoms with Crippen molar-refractivity contribution in [1.29, 1.82) is 0 Å². The van der Waals surface area contributed by atoms with Gasteiger partial charge in [-0.05, 0) is 30.2 Å². The van der Waals surface area contributed by atoms with E-state index in [1.54, 1.807) is 0 Å². The van der Waals surface area contributed by atoms with Crippen LogP contribution in [0.15, 0.2) is 30.3 Å². The van der Waals surface area contributed by atoms with Crippen molar-refractivity contribution < 1.29 is 32.9 Å². The molecule has 0 aliphatic rings. The number of carbonyl (C=O) groups is 1. The molecule has 0 amide bonds. The van der Waals surface area contributed by atoms with Crippen molar-refractivity contribution in [3.8, 4) is 11.3 Å². The second-order valence-electron chi connectivity index (χ2n) is 7.58. The number of halogens is 1. The smallest absolute Gasteiger partial charge is 0.306 e. The van der Waals surface area contributed by atoms with Crippen LogP contribution in [0.4, 0.5) is 10.3 Å². The van der Waals surface area contributed by atoms with Crippen LogP contribution < -0.4 is 4.31 Å². The molecule has 3 N–H and O–H groups in total. The van der Waals surface area contributed by atoms with Crippen molar-refractivity contribution in [2.24, 2.45) is 0 Å². The Morgan fingerprint density at radius 1 is 1.19 bits per heavy atom. The number of aliphatic hydroxyl groups excluding tert-OH is 2. The van der Waals surface area contributed by atoms with Gasteiger partial charge in [0.25, 0.3) is 0 Å². The van der Waals surface area contributed by atoms with Crippen molar-refractivity contribution in [3.63, 3.8) is 0 Å². The standard InChI is InChI=1S/C21H26FN3O6S/c1-12(2)19-15(9-10-16(26)17(27)11-18(28)29)20(13-5-7-14(22)8-6-13)24-21(23-19)25(3)32(4,30)31/h5-10,12,16-17,26-27H,11H2,1-4H3,(H,28,29)/b10-9+/t16-,17+/m1/s1. The molecule has 174 valence electrons. The monoisotopic (exact) mass is 467 g/mol. The van der Waals surface area contributed by atoms with Gasteiger partial charge in [-0.25, -0.2) is 27.1 Å². The highest BCUT2D eigenvalue weighted by Gasteiger charge is 2.23. The number of aromatic nitrogens is 2. The quantitative estimate of drug-likeness (QED) is 0.509. The van der Waals surface area contributed by atoms with Gasteiger partial charge < -0.3 is 15.3 Å². The van der Waals surface area contributed by atoms with Gasteiger partial charge >= 0.3 is 5.97 Å². The van der Waals surface area contributed by atoms with E-state index in [2.05, 4.69) is 9.97 Å². The van der Waals surface area contributed by atoms with Crippen LogP contribution in [-0.2, 0) is 14.8 Å². The molecule has 0 radical (unpaired) electrons. The van der Waals surface area contributed by atoms with Crippen LogP contribution in [0.2, 0.25) is 0 Å². The van der Waals surface area contributed by atoms with Crippen LogP contribution in [-0.4, -0.2) is 65.2 Å². The largest absolute Gasteiger partial charge is 0.481 e. The fraction of sp³-hybridized carbons (Fsp3) is 0.381. The molecule has 0 fully saturated rings. The summed E-state index contributed by atoms with van der Waals surface area (Å²) in [5, 5.41) is 28.8. The molecule has 11 heteroatoms. The number of nitrogens with zero attached hydrogens (tertiary/aromatic N) is 3. The van der Waals surface area contributed by atoms with E-state index < -0.39 is 40.4 Å². The van der Waals surface area contributed by atoms with Crippen molar-refractivity contribution in [2.75, 3.05) is 17.6 Å². The van der Waals surface area contributed by atoms with Gasteiger partial charge in [-0.1, -0.05) is 26.0 Å². The predicted molar refractivity (Wildman–Crippen MR) is 118 cm³/mol. The summed E-state index contributed by atoms with van der Waals surface area (Å²) < 4.78 is 38.5. The van der Waals surface area contributed by atoms with Gasteiger partial charge in [-0.2, -0.15) is 0 Å². The number of hydrogen-bond donors (Lipinski definition) is 3. The molecule has 0 saturated heterocycles. The van der Waals surface area contributed by atoms with Gasteiger partial charge in [-0.15, -0.1) is 0 Å². The van der Waals surface area contributed by atoms with Crippen LogP contribution in [0, 0.1) is 5.82 Å². The van der Waals surface area contributed by atoms with Gasteiger partial charge in [0.2, 0.25) is 16.0 Å². The SMILES string of the molecule is CC(C)c1nc(N(C)S(C)(=O)=O)nc(-c2ccc(F)cc2)c1/C=C/[C@@H](O)[C@@H](O)CC(=O)O. The highest BCUT2D eigenvalue weighted by atomic mass is 32.2. The number of anilines is 1. The summed E-state index contributed by atoms with van der Waals surface area (Å²) >= 11 is 0. The molecule has 0 saturated carbocycles. The highest BCUT2D eigenvalue weighted by molar-refractivity contribution is 7.92. The fourth-order valence-electron chi connectivity index (χ4n) is 2.82. The third-order valence-electron chi connectivity index (χ3n) is 4.65. The summed E-state index contributed by atoms with van der Waals surface area (Å²) in [7, 11) is -2.35. The first-order valence-electron chi connectivity index (χ1n) is 9.69. The number of rotatable bonds is 9. The maximum absolute atomic E-state index is 13.5. The molecule has 2 aromatic rings. The Balaban J connectivity index is 2.70. The molecular formula is C21H26FN3O6S.